The molecule has 1 atom stereocenters. The van der Waals surface area contributed by atoms with Gasteiger partial charge in [0, 0.05) is 26.1 Å². The van der Waals surface area contributed by atoms with Crippen LogP contribution >= 0.6 is 0 Å². The molecule has 0 fully saturated rings. The van der Waals surface area contributed by atoms with Crippen molar-refractivity contribution in [3.63, 3.8) is 0 Å². The molecule has 0 saturated carbocycles. The van der Waals surface area contributed by atoms with Crippen molar-refractivity contribution < 1.29 is 32.6 Å². The van der Waals surface area contributed by atoms with Crippen molar-refractivity contribution in [3.05, 3.63) is 17.7 Å². The van der Waals surface area contributed by atoms with Crippen LogP contribution in [-0.2, 0) is 19.6 Å². The number of rotatable bonds is 9. The standard InChI is InChI=1S/C16H24N2O7S/c1-10-8-13(24-4)14(25-5)9-15(10)26(22,23)18(11(2)16(20)21)7-6-17-12(3)19/h8-9,11H,6-7H2,1-5H3,(H,17,19)(H,20,21). The first-order valence-electron chi connectivity index (χ1n) is 7.78. The monoisotopic (exact) mass is 388 g/mol. The van der Waals surface area contributed by atoms with Crippen LogP contribution in [0.5, 0.6) is 11.5 Å². The van der Waals surface area contributed by atoms with Gasteiger partial charge < -0.3 is 19.9 Å². The Morgan fingerprint density at radius 3 is 2.23 bits per heavy atom. The molecule has 0 aliphatic heterocycles. The first-order chi connectivity index (χ1) is 12.1. The number of benzene rings is 1. The predicted molar refractivity (Wildman–Crippen MR) is 94.0 cm³/mol. The normalized spacial score (nSPS) is 12.5. The third kappa shape index (κ3) is 4.85. The van der Waals surface area contributed by atoms with Crippen LogP contribution in [0.1, 0.15) is 19.4 Å². The Balaban J connectivity index is 3.39. The fraction of sp³-hybridized carbons (Fsp3) is 0.500. The van der Waals surface area contributed by atoms with E-state index in [2.05, 4.69) is 5.32 Å². The van der Waals surface area contributed by atoms with Crippen LogP contribution < -0.4 is 14.8 Å². The Kier molecular flexibility index (Phi) is 7.40. The summed E-state index contributed by atoms with van der Waals surface area (Å²) in [4.78, 5) is 22.3. The average molecular weight is 388 g/mol. The highest BCUT2D eigenvalue weighted by molar-refractivity contribution is 7.89. The molecule has 146 valence electrons. The van der Waals surface area contributed by atoms with Gasteiger partial charge >= 0.3 is 5.97 Å². The van der Waals surface area contributed by atoms with E-state index in [0.29, 0.717) is 11.3 Å². The van der Waals surface area contributed by atoms with Gasteiger partial charge in [-0.3, -0.25) is 9.59 Å². The van der Waals surface area contributed by atoms with Gasteiger partial charge in [0.15, 0.2) is 11.5 Å². The molecule has 0 aromatic heterocycles. The summed E-state index contributed by atoms with van der Waals surface area (Å²) >= 11 is 0. The highest BCUT2D eigenvalue weighted by Gasteiger charge is 2.34. The highest BCUT2D eigenvalue weighted by atomic mass is 32.2. The third-order valence-electron chi connectivity index (χ3n) is 3.76. The number of ether oxygens (including phenoxy) is 2. The zero-order chi connectivity index (χ0) is 20.1. The van der Waals surface area contributed by atoms with Gasteiger partial charge in [-0.15, -0.1) is 0 Å². The largest absolute Gasteiger partial charge is 0.493 e. The maximum atomic E-state index is 13.1. The fourth-order valence-electron chi connectivity index (χ4n) is 2.35. The van der Waals surface area contributed by atoms with Crippen molar-refractivity contribution in [1.29, 1.82) is 0 Å². The Morgan fingerprint density at radius 2 is 1.77 bits per heavy atom. The van der Waals surface area contributed by atoms with Crippen LogP contribution in [-0.4, -0.2) is 63.1 Å². The second kappa shape index (κ2) is 8.86. The zero-order valence-electron chi connectivity index (χ0n) is 15.4. The molecule has 0 aliphatic rings. The van der Waals surface area contributed by atoms with Gasteiger partial charge in [0.25, 0.3) is 0 Å². The molecule has 1 amide bonds. The first-order valence-corrected chi connectivity index (χ1v) is 9.22. The van der Waals surface area contributed by atoms with Gasteiger partial charge in [-0.2, -0.15) is 4.31 Å². The summed E-state index contributed by atoms with van der Waals surface area (Å²) in [6, 6.07) is 1.48. The van der Waals surface area contributed by atoms with Gasteiger partial charge in [0.05, 0.1) is 19.1 Å². The molecule has 0 aliphatic carbocycles. The smallest absolute Gasteiger partial charge is 0.321 e. The molecule has 1 unspecified atom stereocenters. The Hall–Kier alpha value is -2.33. The number of nitrogens with zero attached hydrogens (tertiary/aromatic N) is 1. The van der Waals surface area contributed by atoms with Crippen molar-refractivity contribution in [2.45, 2.75) is 31.7 Å². The summed E-state index contributed by atoms with van der Waals surface area (Å²) in [5.41, 5.74) is 0.379. The number of sulfonamides is 1. The number of methoxy groups -OCH3 is 2. The second-order valence-electron chi connectivity index (χ2n) is 5.59. The number of carboxylic acids is 1. The van der Waals surface area contributed by atoms with Crippen LogP contribution in [0.3, 0.4) is 0 Å². The lowest BCUT2D eigenvalue weighted by Crippen LogP contribution is -2.46. The van der Waals surface area contributed by atoms with Gasteiger partial charge in [0.1, 0.15) is 6.04 Å². The summed E-state index contributed by atoms with van der Waals surface area (Å²) in [7, 11) is -1.36. The number of nitrogens with one attached hydrogen (secondary N) is 1. The van der Waals surface area contributed by atoms with Crippen LogP contribution in [0.2, 0.25) is 0 Å². The maximum Gasteiger partial charge on any atom is 0.321 e. The van der Waals surface area contributed by atoms with E-state index in [0.717, 1.165) is 4.31 Å². The summed E-state index contributed by atoms with van der Waals surface area (Å²) in [5.74, 6) is -1.07. The Bertz CT molecular complexity index is 777. The van der Waals surface area contributed by atoms with E-state index in [4.69, 9.17) is 9.47 Å². The number of hydrogen-bond donors (Lipinski definition) is 2. The summed E-state index contributed by atoms with van der Waals surface area (Å²) < 4.78 is 37.3. The fourth-order valence-corrected chi connectivity index (χ4v) is 4.17. The molecule has 10 heteroatoms. The number of carboxylic acid groups (broad SMARTS) is 1. The van der Waals surface area contributed by atoms with E-state index < -0.39 is 22.0 Å². The van der Waals surface area contributed by atoms with Gasteiger partial charge in [-0.05, 0) is 25.5 Å². The number of aliphatic carboxylic acids is 1. The first kappa shape index (κ1) is 21.7. The van der Waals surface area contributed by atoms with Gasteiger partial charge in [-0.25, -0.2) is 8.42 Å². The van der Waals surface area contributed by atoms with Crippen LogP contribution in [0, 0.1) is 6.92 Å². The minimum absolute atomic E-state index is 0.0154. The van der Waals surface area contributed by atoms with Crippen molar-refractivity contribution in [3.8, 4) is 11.5 Å². The molecule has 1 aromatic rings. The second-order valence-corrected chi connectivity index (χ2v) is 7.44. The molecule has 26 heavy (non-hydrogen) atoms. The van der Waals surface area contributed by atoms with Crippen LogP contribution in [0.15, 0.2) is 17.0 Å². The minimum atomic E-state index is -4.17. The molecule has 0 saturated heterocycles. The van der Waals surface area contributed by atoms with Crippen molar-refractivity contribution in [1.82, 2.24) is 9.62 Å². The molecule has 1 rings (SSSR count). The lowest BCUT2D eigenvalue weighted by atomic mass is 10.2. The lowest BCUT2D eigenvalue weighted by Gasteiger charge is -2.27. The van der Waals surface area contributed by atoms with Gasteiger partial charge in [-0.1, -0.05) is 0 Å². The molecule has 0 radical (unpaired) electrons. The van der Waals surface area contributed by atoms with Crippen molar-refractivity contribution in [2.24, 2.45) is 0 Å². The topological polar surface area (TPSA) is 122 Å². The highest BCUT2D eigenvalue weighted by Crippen LogP contribution is 2.34. The molecule has 0 spiro atoms. The maximum absolute atomic E-state index is 13.1. The predicted octanol–water partition coefficient (Wildman–Crippen LogP) is 0.612. The third-order valence-corrected chi connectivity index (χ3v) is 5.88. The molecular weight excluding hydrogens is 364 g/mol. The van der Waals surface area contributed by atoms with E-state index in [-0.39, 0.29) is 29.6 Å². The number of amides is 1. The minimum Gasteiger partial charge on any atom is -0.493 e. The van der Waals surface area contributed by atoms with E-state index in [1.807, 2.05) is 0 Å². The summed E-state index contributed by atoms with van der Waals surface area (Å²) in [6.45, 7) is 3.93. The lowest BCUT2D eigenvalue weighted by molar-refractivity contribution is -0.140. The molecule has 1 aromatic carbocycles. The van der Waals surface area contributed by atoms with E-state index >= 15 is 0 Å². The van der Waals surface area contributed by atoms with Crippen molar-refractivity contribution >= 4 is 21.9 Å². The van der Waals surface area contributed by atoms with E-state index in [9.17, 15) is 23.1 Å². The molecular formula is C16H24N2O7S. The average Bonchev–Trinajstić information content (AvgIpc) is 2.56. The number of hydrogen-bond acceptors (Lipinski definition) is 6. The number of carbonyl (C=O) groups excluding carboxylic acids is 1. The Morgan fingerprint density at radius 1 is 1.23 bits per heavy atom. The molecule has 2 N–H and O–H groups in total. The Labute approximate surface area is 152 Å². The van der Waals surface area contributed by atoms with E-state index in [1.54, 1.807) is 6.92 Å². The SMILES string of the molecule is COc1cc(C)c(S(=O)(=O)N(CCNC(C)=O)C(C)C(=O)O)cc1OC. The van der Waals surface area contributed by atoms with Gasteiger partial charge in [0.2, 0.25) is 15.9 Å². The molecule has 0 bridgehead atoms. The summed E-state index contributed by atoms with van der Waals surface area (Å²) in [6.07, 6.45) is 0. The number of aryl methyl sites for hydroxylation is 1. The number of carbonyl (C=O) groups is 2. The molecule has 0 heterocycles. The van der Waals surface area contributed by atoms with Crippen LogP contribution in [0.4, 0.5) is 0 Å². The van der Waals surface area contributed by atoms with Crippen LogP contribution in [0.25, 0.3) is 0 Å². The zero-order valence-corrected chi connectivity index (χ0v) is 16.2. The van der Waals surface area contributed by atoms with Crippen molar-refractivity contribution in [2.75, 3.05) is 27.3 Å². The summed E-state index contributed by atoms with van der Waals surface area (Å²) in [5, 5.41) is 11.8. The quantitative estimate of drug-likeness (QED) is 0.635. The van der Waals surface area contributed by atoms with E-state index in [1.165, 1.54) is 40.2 Å². The molecule has 9 nitrogen and oxygen atoms in total.